The molecule has 0 spiro atoms. The number of phenolic OH excluding ortho intramolecular Hbond substituents is 1. The van der Waals surface area contributed by atoms with Crippen molar-refractivity contribution in [2.45, 2.75) is 40.0 Å². The van der Waals surface area contributed by atoms with Crippen molar-refractivity contribution >= 4 is 5.78 Å². The Labute approximate surface area is 188 Å². The van der Waals surface area contributed by atoms with Gasteiger partial charge in [0.2, 0.25) is 0 Å². The van der Waals surface area contributed by atoms with Crippen molar-refractivity contribution in [1.29, 1.82) is 0 Å². The Kier molecular flexibility index (Phi) is 6.09. The third-order valence-corrected chi connectivity index (χ3v) is 7.31. The van der Waals surface area contributed by atoms with E-state index in [1.54, 1.807) is 12.1 Å². The number of nitrogens with one attached hydrogen (secondary N) is 1. The summed E-state index contributed by atoms with van der Waals surface area (Å²) in [5, 5.41) is 20.6. The lowest BCUT2D eigenvalue weighted by Gasteiger charge is -2.45. The van der Waals surface area contributed by atoms with E-state index in [0.717, 1.165) is 12.8 Å². The maximum atomic E-state index is 13.8. The van der Waals surface area contributed by atoms with Crippen molar-refractivity contribution in [3.63, 3.8) is 0 Å². The summed E-state index contributed by atoms with van der Waals surface area (Å²) < 4.78 is 0. The maximum absolute atomic E-state index is 13.8. The molecule has 0 radical (unpaired) electrons. The molecule has 1 unspecified atom stereocenters. The zero-order valence-corrected chi connectivity index (χ0v) is 18.8. The standard InChI is InChI=1S/C27H31NO4/c1-4-5-20-21-12-15(2)6-11-19(21)16(3)13-22(20)25(30)24-26(31)23(14-28-27(24)32)17-7-9-18(29)10-8-17/h4-5,7-10,13-15,19-22,29H,6,11-12H2,1-3H3,(H2,28,31,32)/b5-4+/t15-,19+,20?,21-,22+/m0/s1. The van der Waals surface area contributed by atoms with Crippen LogP contribution in [0, 0.1) is 29.6 Å². The number of H-pyrrole nitrogens is 1. The van der Waals surface area contributed by atoms with Gasteiger partial charge < -0.3 is 15.2 Å². The van der Waals surface area contributed by atoms with Crippen molar-refractivity contribution in [2.75, 3.05) is 0 Å². The van der Waals surface area contributed by atoms with Crippen molar-refractivity contribution in [3.8, 4) is 22.6 Å². The van der Waals surface area contributed by atoms with Gasteiger partial charge in [0.1, 0.15) is 17.1 Å². The van der Waals surface area contributed by atoms with E-state index in [-0.39, 0.29) is 28.8 Å². The van der Waals surface area contributed by atoms with Crippen LogP contribution in [0.15, 0.2) is 59.1 Å². The zero-order valence-electron chi connectivity index (χ0n) is 18.8. The van der Waals surface area contributed by atoms with Gasteiger partial charge in [-0.1, -0.05) is 49.3 Å². The first-order valence-corrected chi connectivity index (χ1v) is 11.4. The number of rotatable bonds is 4. The number of hydrogen-bond donors (Lipinski definition) is 3. The molecule has 2 aromatic rings. The molecule has 32 heavy (non-hydrogen) atoms. The van der Waals surface area contributed by atoms with Crippen molar-refractivity contribution in [1.82, 2.24) is 4.98 Å². The van der Waals surface area contributed by atoms with E-state index in [4.69, 9.17) is 0 Å². The van der Waals surface area contributed by atoms with Gasteiger partial charge in [-0.15, -0.1) is 0 Å². The lowest BCUT2D eigenvalue weighted by Crippen LogP contribution is -2.40. The number of aromatic hydroxyl groups is 2. The van der Waals surface area contributed by atoms with Gasteiger partial charge in [0.25, 0.3) is 5.56 Å². The van der Waals surface area contributed by atoms with E-state index in [1.165, 1.54) is 30.3 Å². The molecule has 2 aliphatic rings. The van der Waals surface area contributed by atoms with E-state index in [0.29, 0.717) is 28.9 Å². The maximum Gasteiger partial charge on any atom is 0.262 e. The van der Waals surface area contributed by atoms with Gasteiger partial charge in [-0.25, -0.2) is 0 Å². The Morgan fingerprint density at radius 1 is 1.16 bits per heavy atom. The predicted molar refractivity (Wildman–Crippen MR) is 126 cm³/mol. The minimum Gasteiger partial charge on any atom is -0.508 e. The Bertz CT molecular complexity index is 1130. The van der Waals surface area contributed by atoms with Crippen LogP contribution in [0.1, 0.15) is 50.4 Å². The van der Waals surface area contributed by atoms with Gasteiger partial charge >= 0.3 is 0 Å². The molecule has 1 aromatic heterocycles. The third kappa shape index (κ3) is 3.92. The number of carbonyl (C=O) groups is 1. The van der Waals surface area contributed by atoms with Crippen molar-refractivity contribution in [3.05, 3.63) is 70.2 Å². The smallest absolute Gasteiger partial charge is 0.262 e. The average molecular weight is 434 g/mol. The summed E-state index contributed by atoms with van der Waals surface area (Å²) >= 11 is 0. The summed E-state index contributed by atoms with van der Waals surface area (Å²) in [6.45, 7) is 6.32. The highest BCUT2D eigenvalue weighted by molar-refractivity contribution is 6.03. The third-order valence-electron chi connectivity index (χ3n) is 7.31. The normalized spacial score (nSPS) is 27.7. The van der Waals surface area contributed by atoms with Crippen LogP contribution in [0.3, 0.4) is 0 Å². The molecule has 2 aliphatic carbocycles. The number of Topliss-reactive ketones (excluding diaryl/α,β-unsaturated/α-hetero) is 1. The fourth-order valence-corrected chi connectivity index (χ4v) is 5.71. The van der Waals surface area contributed by atoms with Gasteiger partial charge in [0, 0.05) is 17.7 Å². The van der Waals surface area contributed by atoms with Crippen LogP contribution < -0.4 is 5.56 Å². The molecule has 4 rings (SSSR count). The first-order chi connectivity index (χ1) is 15.3. The number of pyridine rings is 1. The highest BCUT2D eigenvalue weighted by atomic mass is 16.3. The number of carbonyl (C=O) groups excluding carboxylic acids is 1. The number of phenols is 1. The van der Waals surface area contributed by atoms with Gasteiger partial charge in [0.05, 0.1) is 0 Å². The number of benzene rings is 1. The van der Waals surface area contributed by atoms with Crippen LogP contribution in [-0.4, -0.2) is 21.0 Å². The molecule has 1 saturated carbocycles. The second-order valence-electron chi connectivity index (χ2n) is 9.39. The van der Waals surface area contributed by atoms with E-state index in [9.17, 15) is 19.8 Å². The van der Waals surface area contributed by atoms with E-state index >= 15 is 0 Å². The van der Waals surface area contributed by atoms with Crippen molar-refractivity contribution in [2.24, 2.45) is 29.6 Å². The first kappa shape index (κ1) is 22.1. The molecule has 1 heterocycles. The minimum atomic E-state index is -0.584. The van der Waals surface area contributed by atoms with Gasteiger partial charge in [0.15, 0.2) is 5.78 Å². The van der Waals surface area contributed by atoms with Crippen LogP contribution in [0.5, 0.6) is 11.5 Å². The fraction of sp³-hybridized carbons (Fsp3) is 0.407. The number of aromatic amines is 1. The first-order valence-electron chi connectivity index (χ1n) is 11.4. The Balaban J connectivity index is 1.79. The molecular weight excluding hydrogens is 402 g/mol. The van der Waals surface area contributed by atoms with Gasteiger partial charge in [-0.05, 0) is 68.1 Å². The van der Waals surface area contributed by atoms with E-state index in [2.05, 4.69) is 24.9 Å². The minimum absolute atomic E-state index is 0.0000727. The zero-order chi connectivity index (χ0) is 23.0. The van der Waals surface area contributed by atoms with Crippen LogP contribution in [-0.2, 0) is 0 Å². The summed E-state index contributed by atoms with van der Waals surface area (Å²) in [4.78, 5) is 29.1. The monoisotopic (exact) mass is 433 g/mol. The fourth-order valence-electron chi connectivity index (χ4n) is 5.71. The molecule has 3 N–H and O–H groups in total. The second-order valence-corrected chi connectivity index (χ2v) is 9.39. The van der Waals surface area contributed by atoms with Gasteiger partial charge in [-0.2, -0.15) is 0 Å². The lowest BCUT2D eigenvalue weighted by atomic mass is 9.59. The molecule has 0 saturated heterocycles. The number of fused-ring (bicyclic) bond motifs is 1. The van der Waals surface area contributed by atoms with Crippen LogP contribution >= 0.6 is 0 Å². The van der Waals surface area contributed by atoms with Crippen LogP contribution in [0.25, 0.3) is 11.1 Å². The predicted octanol–water partition coefficient (Wildman–Crippen LogP) is 5.46. The van der Waals surface area contributed by atoms with Crippen molar-refractivity contribution < 1.29 is 15.0 Å². The average Bonchev–Trinajstić information content (AvgIpc) is 2.76. The number of aromatic nitrogens is 1. The molecule has 0 amide bonds. The molecule has 1 fully saturated rings. The molecule has 5 nitrogen and oxygen atoms in total. The Hall–Kier alpha value is -3.08. The molecule has 1 aromatic carbocycles. The van der Waals surface area contributed by atoms with Crippen LogP contribution in [0.2, 0.25) is 0 Å². The summed E-state index contributed by atoms with van der Waals surface area (Å²) in [5.41, 5.74) is 1.40. The highest BCUT2D eigenvalue weighted by Gasteiger charge is 2.43. The highest BCUT2D eigenvalue weighted by Crippen LogP contribution is 2.49. The van der Waals surface area contributed by atoms with E-state index < -0.39 is 11.5 Å². The quantitative estimate of drug-likeness (QED) is 0.441. The summed E-state index contributed by atoms with van der Waals surface area (Å²) in [6.07, 6.45) is 10.9. The Morgan fingerprint density at radius 3 is 2.56 bits per heavy atom. The molecule has 0 bridgehead atoms. The molecule has 0 aliphatic heterocycles. The SMILES string of the molecule is C/C=C/C1[C@H]2C[C@@H](C)CC[C@@H]2C(C)=C[C@H]1C(=O)c1c(O)c(-c2ccc(O)cc2)c[nH]c1=O. The molecule has 5 heteroatoms. The molecule has 168 valence electrons. The molecule has 5 atom stereocenters. The number of allylic oxidation sites excluding steroid dienone is 4. The number of ketones is 1. The lowest BCUT2D eigenvalue weighted by molar-refractivity contribution is 0.0803. The van der Waals surface area contributed by atoms with Gasteiger partial charge in [-0.3, -0.25) is 9.59 Å². The van der Waals surface area contributed by atoms with Crippen LogP contribution in [0.4, 0.5) is 0 Å². The molecular formula is C27H31NO4. The van der Waals surface area contributed by atoms with E-state index in [1.807, 2.05) is 19.1 Å². The number of hydrogen-bond acceptors (Lipinski definition) is 4. The Morgan fingerprint density at radius 2 is 1.88 bits per heavy atom. The largest absolute Gasteiger partial charge is 0.508 e. The summed E-state index contributed by atoms with van der Waals surface area (Å²) in [5.74, 6) is 0.391. The summed E-state index contributed by atoms with van der Waals surface area (Å²) in [7, 11) is 0. The topological polar surface area (TPSA) is 90.4 Å². The second kappa shape index (κ2) is 8.81. The summed E-state index contributed by atoms with van der Waals surface area (Å²) in [6, 6.07) is 6.28.